The zero-order valence-corrected chi connectivity index (χ0v) is 11.0. The Balaban J connectivity index is 2.20. The van der Waals surface area contributed by atoms with Gasteiger partial charge >= 0.3 is 12.8 Å². The second kappa shape index (κ2) is 5.46. The maximum atomic E-state index is 12.0. The van der Waals surface area contributed by atoms with Crippen LogP contribution in [0, 0.1) is 0 Å². The van der Waals surface area contributed by atoms with Crippen molar-refractivity contribution in [2.75, 3.05) is 0 Å². The van der Waals surface area contributed by atoms with Gasteiger partial charge in [-0.05, 0) is 24.9 Å². The molecule has 0 saturated heterocycles. The lowest BCUT2D eigenvalue weighted by atomic mass is 9.80. The molecule has 0 amide bonds. The number of benzene rings is 1. The molecule has 19 heavy (non-hydrogen) atoms. The Morgan fingerprint density at radius 2 is 1.79 bits per heavy atom. The van der Waals surface area contributed by atoms with Crippen LogP contribution in [-0.2, 0) is 6.54 Å². The molecule has 2 N–H and O–H groups in total. The van der Waals surface area contributed by atoms with Crippen molar-refractivity contribution in [2.24, 2.45) is 0 Å². The lowest BCUT2D eigenvalue weighted by Gasteiger charge is -2.06. The van der Waals surface area contributed by atoms with E-state index in [0.717, 1.165) is 5.56 Å². The van der Waals surface area contributed by atoms with Crippen molar-refractivity contribution < 1.29 is 10.0 Å². The van der Waals surface area contributed by atoms with Crippen LogP contribution < -0.4 is 11.2 Å². The highest BCUT2D eigenvalue weighted by molar-refractivity contribution is 6.58. The highest BCUT2D eigenvalue weighted by atomic mass is 16.4. The largest absolute Gasteiger partial charge is 0.488 e. The van der Waals surface area contributed by atoms with E-state index in [4.69, 9.17) is 10.0 Å². The summed E-state index contributed by atoms with van der Waals surface area (Å²) in [5.74, 6) is 0. The minimum absolute atomic E-state index is 0.0405. The van der Waals surface area contributed by atoms with Crippen LogP contribution in [0.4, 0.5) is 0 Å². The number of hydrogen-bond acceptors (Lipinski definition) is 3. The van der Waals surface area contributed by atoms with Gasteiger partial charge in [0.25, 0.3) is 0 Å². The molecule has 2 aromatic rings. The average molecular weight is 260 g/mol. The maximum Gasteiger partial charge on any atom is 0.488 e. The lowest BCUT2D eigenvalue weighted by Crippen LogP contribution is -2.29. The van der Waals surface area contributed by atoms with Crippen molar-refractivity contribution in [3.63, 3.8) is 0 Å². The number of nitrogens with zero attached hydrogens (tertiary/aromatic N) is 2. The van der Waals surface area contributed by atoms with E-state index >= 15 is 0 Å². The molecule has 0 aliphatic heterocycles. The molecule has 5 nitrogen and oxygen atoms in total. The van der Waals surface area contributed by atoms with Gasteiger partial charge in [0.05, 0.1) is 6.54 Å². The smallest absolute Gasteiger partial charge is 0.423 e. The molecule has 0 fully saturated rings. The standard InChI is InChI=1S/C13H17BN2O3/c1-10(2)16-8-7-15(13(16)17)9-11-3-5-12(6-4-11)14(18)19/h3-8,10,18-19H,9H2,1-2H3. The van der Waals surface area contributed by atoms with Gasteiger partial charge in [0, 0.05) is 18.4 Å². The molecule has 6 heteroatoms. The number of rotatable bonds is 4. The zero-order chi connectivity index (χ0) is 14.0. The van der Waals surface area contributed by atoms with Crippen molar-refractivity contribution in [1.29, 1.82) is 0 Å². The number of imidazole rings is 1. The summed E-state index contributed by atoms with van der Waals surface area (Å²) in [5, 5.41) is 18.0. The van der Waals surface area contributed by atoms with Gasteiger partial charge in [-0.1, -0.05) is 24.3 Å². The molecule has 0 aliphatic carbocycles. The van der Waals surface area contributed by atoms with Gasteiger partial charge in [-0.2, -0.15) is 0 Å². The Morgan fingerprint density at radius 3 is 2.26 bits per heavy atom. The van der Waals surface area contributed by atoms with Gasteiger partial charge in [-0.25, -0.2) is 4.79 Å². The average Bonchev–Trinajstić information content (AvgIpc) is 2.72. The molecular formula is C13H17BN2O3. The van der Waals surface area contributed by atoms with Crippen LogP contribution in [0.25, 0.3) is 0 Å². The first kappa shape index (κ1) is 13.6. The van der Waals surface area contributed by atoms with Gasteiger partial charge < -0.3 is 10.0 Å². The molecule has 0 radical (unpaired) electrons. The third-order valence-electron chi connectivity index (χ3n) is 3.06. The van der Waals surface area contributed by atoms with E-state index in [9.17, 15) is 4.79 Å². The topological polar surface area (TPSA) is 67.4 Å². The molecular weight excluding hydrogens is 243 g/mol. The fourth-order valence-electron chi connectivity index (χ4n) is 1.93. The van der Waals surface area contributed by atoms with Crippen LogP contribution in [0.2, 0.25) is 0 Å². The molecule has 1 heterocycles. The summed E-state index contributed by atoms with van der Waals surface area (Å²) >= 11 is 0. The maximum absolute atomic E-state index is 12.0. The fraction of sp³-hybridized carbons (Fsp3) is 0.308. The van der Waals surface area contributed by atoms with E-state index in [2.05, 4.69) is 0 Å². The van der Waals surface area contributed by atoms with E-state index in [1.807, 2.05) is 13.8 Å². The molecule has 0 bridgehead atoms. The monoisotopic (exact) mass is 260 g/mol. The summed E-state index contributed by atoms with van der Waals surface area (Å²) < 4.78 is 3.30. The van der Waals surface area contributed by atoms with Crippen molar-refractivity contribution >= 4 is 12.6 Å². The summed E-state index contributed by atoms with van der Waals surface area (Å²) in [6.07, 6.45) is 3.54. The summed E-state index contributed by atoms with van der Waals surface area (Å²) in [7, 11) is -1.46. The Bertz CT molecular complexity index is 599. The fourth-order valence-corrected chi connectivity index (χ4v) is 1.93. The number of hydrogen-bond donors (Lipinski definition) is 2. The quantitative estimate of drug-likeness (QED) is 0.758. The zero-order valence-electron chi connectivity index (χ0n) is 11.0. The van der Waals surface area contributed by atoms with Crippen molar-refractivity contribution in [2.45, 2.75) is 26.4 Å². The molecule has 1 aromatic heterocycles. The molecule has 0 spiro atoms. The van der Waals surface area contributed by atoms with Crippen LogP contribution in [0.1, 0.15) is 25.5 Å². The van der Waals surface area contributed by atoms with Gasteiger partial charge in [0.2, 0.25) is 0 Å². The summed E-state index contributed by atoms with van der Waals surface area (Å²) in [6, 6.07) is 7.00. The Labute approximate surface area is 111 Å². The van der Waals surface area contributed by atoms with Crippen LogP contribution >= 0.6 is 0 Å². The first-order valence-corrected chi connectivity index (χ1v) is 6.21. The first-order valence-electron chi connectivity index (χ1n) is 6.21. The van der Waals surface area contributed by atoms with Gasteiger partial charge in [0.15, 0.2) is 0 Å². The lowest BCUT2D eigenvalue weighted by molar-refractivity contribution is 0.426. The van der Waals surface area contributed by atoms with E-state index in [0.29, 0.717) is 12.0 Å². The Morgan fingerprint density at radius 1 is 1.16 bits per heavy atom. The Hall–Kier alpha value is -1.79. The van der Waals surface area contributed by atoms with Gasteiger partial charge in [-0.15, -0.1) is 0 Å². The minimum Gasteiger partial charge on any atom is -0.423 e. The van der Waals surface area contributed by atoms with Crippen molar-refractivity contribution in [3.8, 4) is 0 Å². The summed E-state index contributed by atoms with van der Waals surface area (Å²) in [5.41, 5.74) is 1.34. The predicted molar refractivity (Wildman–Crippen MR) is 74.4 cm³/mol. The van der Waals surface area contributed by atoms with Crippen LogP contribution in [0.5, 0.6) is 0 Å². The van der Waals surface area contributed by atoms with Gasteiger partial charge in [-0.3, -0.25) is 9.13 Å². The summed E-state index contributed by atoms with van der Waals surface area (Å²) in [6.45, 7) is 4.40. The Kier molecular flexibility index (Phi) is 3.92. The van der Waals surface area contributed by atoms with Crippen LogP contribution in [0.3, 0.4) is 0 Å². The van der Waals surface area contributed by atoms with Crippen LogP contribution in [0.15, 0.2) is 41.5 Å². The summed E-state index contributed by atoms with van der Waals surface area (Å²) in [4.78, 5) is 12.0. The molecule has 0 unspecified atom stereocenters. The molecule has 1 aromatic carbocycles. The number of aromatic nitrogens is 2. The third-order valence-corrected chi connectivity index (χ3v) is 3.06. The second-order valence-electron chi connectivity index (χ2n) is 4.82. The molecule has 0 aliphatic rings. The predicted octanol–water partition coefficient (Wildman–Crippen LogP) is -0.0412. The van der Waals surface area contributed by atoms with E-state index in [1.54, 1.807) is 45.8 Å². The highest BCUT2D eigenvalue weighted by Crippen LogP contribution is 2.03. The van der Waals surface area contributed by atoms with E-state index in [-0.39, 0.29) is 11.7 Å². The second-order valence-corrected chi connectivity index (χ2v) is 4.82. The minimum atomic E-state index is -1.46. The molecule has 100 valence electrons. The van der Waals surface area contributed by atoms with E-state index < -0.39 is 7.12 Å². The third kappa shape index (κ3) is 2.97. The van der Waals surface area contributed by atoms with E-state index in [1.165, 1.54) is 0 Å². The normalized spacial score (nSPS) is 11.0. The van der Waals surface area contributed by atoms with Gasteiger partial charge in [0.1, 0.15) is 0 Å². The molecule has 2 rings (SSSR count). The SMILES string of the molecule is CC(C)n1ccn(Cc2ccc(B(O)O)cc2)c1=O. The highest BCUT2D eigenvalue weighted by Gasteiger charge is 2.10. The van der Waals surface area contributed by atoms with Crippen molar-refractivity contribution in [3.05, 3.63) is 52.7 Å². The molecule has 0 atom stereocenters. The first-order chi connectivity index (χ1) is 8.99. The molecule has 0 saturated carbocycles. The van der Waals surface area contributed by atoms with Crippen molar-refractivity contribution in [1.82, 2.24) is 9.13 Å². The van der Waals surface area contributed by atoms with Crippen LogP contribution in [-0.4, -0.2) is 26.3 Å².